The van der Waals surface area contributed by atoms with Crippen molar-refractivity contribution < 1.29 is 13.3 Å². The number of rotatable bonds is 26. The molecule has 1 atom stereocenters. The SMILES string of the molecule is CCCCCCCCCCCCCCCCCCC(N)CNCCC[Si](OC)(OC)OC.Cl.Cl. The highest BCUT2D eigenvalue weighted by Crippen LogP contribution is 2.15. The monoisotopic (exact) mass is 546 g/mol. The Morgan fingerprint density at radius 1 is 0.618 bits per heavy atom. The fourth-order valence-corrected chi connectivity index (χ4v) is 6.05. The molecule has 0 amide bonds. The zero-order chi connectivity index (χ0) is 23.8. The van der Waals surface area contributed by atoms with Crippen LogP contribution in [0.1, 0.15) is 122 Å². The summed E-state index contributed by atoms with van der Waals surface area (Å²) in [4.78, 5) is 0. The molecule has 0 aliphatic heterocycles. The molecule has 0 aromatic carbocycles. The zero-order valence-corrected chi connectivity index (χ0v) is 25.7. The largest absolute Gasteiger partial charge is 0.500 e. The Labute approximate surface area is 226 Å². The van der Waals surface area contributed by atoms with Gasteiger partial charge in [-0.15, -0.1) is 24.8 Å². The Kier molecular flexibility index (Phi) is 34.3. The van der Waals surface area contributed by atoms with Crippen molar-refractivity contribution in [1.82, 2.24) is 5.32 Å². The molecule has 3 N–H and O–H groups in total. The number of nitrogens with one attached hydrogen (secondary N) is 1. The first-order chi connectivity index (χ1) is 15.6. The maximum absolute atomic E-state index is 6.25. The van der Waals surface area contributed by atoms with Gasteiger partial charge >= 0.3 is 8.80 Å². The van der Waals surface area contributed by atoms with Crippen molar-refractivity contribution in [2.24, 2.45) is 5.73 Å². The van der Waals surface area contributed by atoms with Crippen LogP contribution in [0.3, 0.4) is 0 Å². The summed E-state index contributed by atoms with van der Waals surface area (Å²) in [7, 11) is 2.58. The average molecular weight is 548 g/mol. The van der Waals surface area contributed by atoms with Crippen LogP contribution in [0.15, 0.2) is 0 Å². The first kappa shape index (κ1) is 39.1. The first-order valence-corrected chi connectivity index (χ1v) is 15.7. The maximum atomic E-state index is 6.25. The summed E-state index contributed by atoms with van der Waals surface area (Å²) in [6, 6.07) is 1.09. The first-order valence-electron chi connectivity index (χ1n) is 13.8. The molecular weight excluding hydrogens is 487 g/mol. The van der Waals surface area contributed by atoms with Gasteiger partial charge in [0.25, 0.3) is 0 Å². The molecule has 5 nitrogen and oxygen atoms in total. The van der Waals surface area contributed by atoms with Crippen LogP contribution in [0.4, 0.5) is 0 Å². The predicted octanol–water partition coefficient (Wildman–Crippen LogP) is 7.67. The summed E-state index contributed by atoms with van der Waals surface area (Å²) in [6.45, 7) is 4.11. The van der Waals surface area contributed by atoms with Gasteiger partial charge in [-0.2, -0.15) is 0 Å². The van der Waals surface area contributed by atoms with Crippen LogP contribution in [0.25, 0.3) is 0 Å². The van der Waals surface area contributed by atoms with E-state index in [9.17, 15) is 0 Å². The molecule has 1 unspecified atom stereocenters. The van der Waals surface area contributed by atoms with Crippen LogP contribution in [0.2, 0.25) is 6.04 Å². The van der Waals surface area contributed by atoms with Crippen molar-refractivity contribution in [3.63, 3.8) is 0 Å². The van der Waals surface area contributed by atoms with Gasteiger partial charge in [0.1, 0.15) is 0 Å². The van der Waals surface area contributed by atoms with E-state index in [4.69, 9.17) is 19.0 Å². The fraction of sp³-hybridized carbons (Fsp3) is 1.00. The maximum Gasteiger partial charge on any atom is 0.500 e. The Morgan fingerprint density at radius 3 is 1.38 bits per heavy atom. The van der Waals surface area contributed by atoms with E-state index < -0.39 is 8.80 Å². The van der Waals surface area contributed by atoms with E-state index in [-0.39, 0.29) is 30.9 Å². The zero-order valence-electron chi connectivity index (χ0n) is 23.0. The normalized spacial score (nSPS) is 12.3. The molecule has 0 aromatic heterocycles. The summed E-state index contributed by atoms with van der Waals surface area (Å²) in [5.41, 5.74) is 6.25. The summed E-state index contributed by atoms with van der Waals surface area (Å²) in [6.07, 6.45) is 24.7. The molecule has 8 heteroatoms. The molecule has 0 saturated heterocycles. The van der Waals surface area contributed by atoms with Crippen molar-refractivity contribution in [2.45, 2.75) is 135 Å². The number of halogens is 2. The summed E-state index contributed by atoms with van der Waals surface area (Å²) in [5.74, 6) is 0. The molecule has 0 rings (SSSR count). The highest BCUT2D eigenvalue weighted by Gasteiger charge is 2.36. The minimum Gasteiger partial charge on any atom is -0.377 e. The molecule has 210 valence electrons. The van der Waals surface area contributed by atoms with Gasteiger partial charge in [0.15, 0.2) is 0 Å². The topological polar surface area (TPSA) is 65.7 Å². The van der Waals surface area contributed by atoms with Gasteiger partial charge in [0.2, 0.25) is 0 Å². The van der Waals surface area contributed by atoms with E-state index in [0.717, 1.165) is 32.0 Å². The third-order valence-corrected chi connectivity index (χ3v) is 9.44. The van der Waals surface area contributed by atoms with Crippen molar-refractivity contribution in [3.05, 3.63) is 0 Å². The Bertz CT molecular complexity index is 374. The van der Waals surface area contributed by atoms with Crippen LogP contribution in [0, 0.1) is 0 Å². The molecule has 0 bridgehead atoms. The van der Waals surface area contributed by atoms with Crippen molar-refractivity contribution in [2.75, 3.05) is 34.4 Å². The van der Waals surface area contributed by atoms with Crippen LogP contribution in [0.5, 0.6) is 0 Å². The quantitative estimate of drug-likeness (QED) is 0.0859. The standard InChI is InChI=1S/C26H58N2O3Si.2ClH/c1-5-6-7-8-9-10-11-12-13-14-15-16-17-18-19-20-22-26(27)25-28-23-21-24-32(29-2,30-3)31-4;;/h26,28H,5-25,27H2,1-4H3;2*1H. The lowest BCUT2D eigenvalue weighted by Crippen LogP contribution is -2.43. The molecule has 0 heterocycles. The molecule has 0 radical (unpaired) electrons. The highest BCUT2D eigenvalue weighted by molar-refractivity contribution is 6.60. The van der Waals surface area contributed by atoms with E-state index >= 15 is 0 Å². The number of hydrogen-bond acceptors (Lipinski definition) is 5. The van der Waals surface area contributed by atoms with E-state index in [1.165, 1.54) is 103 Å². The Balaban J connectivity index is -0.00000480. The second-order valence-electron chi connectivity index (χ2n) is 9.46. The molecule has 0 spiro atoms. The van der Waals surface area contributed by atoms with Crippen LogP contribution in [-0.4, -0.2) is 49.3 Å². The molecule has 0 aliphatic carbocycles. The smallest absolute Gasteiger partial charge is 0.377 e. The van der Waals surface area contributed by atoms with E-state index in [1.807, 2.05) is 0 Å². The second-order valence-corrected chi connectivity index (χ2v) is 12.5. The molecule has 0 saturated carbocycles. The minimum absolute atomic E-state index is 0. The fourth-order valence-electron chi connectivity index (χ4n) is 4.33. The van der Waals surface area contributed by atoms with E-state index in [1.54, 1.807) is 21.3 Å². The Morgan fingerprint density at radius 2 is 1.00 bits per heavy atom. The summed E-state index contributed by atoms with van der Waals surface area (Å²) < 4.78 is 16.3. The van der Waals surface area contributed by atoms with Gasteiger partial charge in [-0.1, -0.05) is 110 Å². The molecule has 0 aromatic rings. The van der Waals surface area contributed by atoms with Gasteiger partial charge in [-0.05, 0) is 19.4 Å². The van der Waals surface area contributed by atoms with Gasteiger partial charge < -0.3 is 24.3 Å². The third kappa shape index (κ3) is 24.3. The van der Waals surface area contributed by atoms with Gasteiger partial charge in [-0.3, -0.25) is 0 Å². The van der Waals surface area contributed by atoms with Crippen LogP contribution in [-0.2, 0) is 13.3 Å². The predicted molar refractivity (Wildman–Crippen MR) is 156 cm³/mol. The molecule has 0 fully saturated rings. The summed E-state index contributed by atoms with van der Waals surface area (Å²) in [5, 5.41) is 3.47. The molecule has 0 aliphatic rings. The molecular formula is C26H60Cl2N2O3Si. The number of hydrogen-bond donors (Lipinski definition) is 2. The third-order valence-electron chi connectivity index (χ3n) is 6.60. The number of nitrogens with two attached hydrogens (primary N) is 1. The Hall–Kier alpha value is 0.597. The average Bonchev–Trinajstić information content (AvgIpc) is 2.81. The minimum atomic E-state index is -2.42. The lowest BCUT2D eigenvalue weighted by atomic mass is 10.0. The van der Waals surface area contributed by atoms with Crippen molar-refractivity contribution in [1.29, 1.82) is 0 Å². The van der Waals surface area contributed by atoms with E-state index in [2.05, 4.69) is 12.2 Å². The lowest BCUT2D eigenvalue weighted by Gasteiger charge is -2.24. The van der Waals surface area contributed by atoms with Crippen molar-refractivity contribution >= 4 is 33.6 Å². The van der Waals surface area contributed by atoms with E-state index in [0.29, 0.717) is 0 Å². The number of unbranched alkanes of at least 4 members (excludes halogenated alkanes) is 15. The lowest BCUT2D eigenvalue weighted by molar-refractivity contribution is 0.123. The molecule has 34 heavy (non-hydrogen) atoms. The summed E-state index contributed by atoms with van der Waals surface area (Å²) >= 11 is 0. The van der Waals surface area contributed by atoms with Gasteiger partial charge in [0.05, 0.1) is 0 Å². The second kappa shape index (κ2) is 29.8. The highest BCUT2D eigenvalue weighted by atomic mass is 35.5. The van der Waals surface area contributed by atoms with Crippen molar-refractivity contribution in [3.8, 4) is 0 Å². The van der Waals surface area contributed by atoms with Crippen LogP contribution < -0.4 is 11.1 Å². The van der Waals surface area contributed by atoms with Gasteiger partial charge in [-0.25, -0.2) is 0 Å². The van der Waals surface area contributed by atoms with Crippen LogP contribution >= 0.6 is 24.8 Å². The van der Waals surface area contributed by atoms with Gasteiger partial charge in [0, 0.05) is 40.0 Å².